The van der Waals surface area contributed by atoms with Gasteiger partial charge in [0.2, 0.25) is 0 Å². The van der Waals surface area contributed by atoms with E-state index in [0.717, 1.165) is 10.5 Å². The molecule has 0 bridgehead atoms. The Hall–Kier alpha value is -3.43. The third-order valence-corrected chi connectivity index (χ3v) is 4.92. The number of amidine groups is 1. The van der Waals surface area contributed by atoms with Crippen LogP contribution in [-0.2, 0) is 4.79 Å². The first-order valence-electron chi connectivity index (χ1n) is 8.58. The Morgan fingerprint density at radius 2 is 1.79 bits per heavy atom. The van der Waals surface area contributed by atoms with E-state index in [2.05, 4.69) is 16.8 Å². The Bertz CT molecular complexity index is 1110. The number of fused-ring (bicyclic) bond motifs is 1. The summed E-state index contributed by atoms with van der Waals surface area (Å²) < 4.78 is 1.67. The minimum absolute atomic E-state index is 0.278. The van der Waals surface area contributed by atoms with Crippen LogP contribution >= 0.6 is 11.6 Å². The quantitative estimate of drug-likeness (QED) is 0.554. The van der Waals surface area contributed by atoms with Crippen molar-refractivity contribution in [1.82, 2.24) is 4.90 Å². The molecule has 0 radical (unpaired) electrons. The number of nitrogens with zero attached hydrogens (tertiary/aromatic N) is 4. The van der Waals surface area contributed by atoms with Crippen molar-refractivity contribution in [3.63, 3.8) is 0 Å². The van der Waals surface area contributed by atoms with Crippen LogP contribution in [0.5, 0.6) is 0 Å². The largest absolute Gasteiger partial charge is 0.338 e. The summed E-state index contributed by atoms with van der Waals surface area (Å²) in [6, 6.07) is 13.5. The number of benzene rings is 2. The molecule has 0 aromatic heterocycles. The first-order valence-corrected chi connectivity index (χ1v) is 8.96. The Morgan fingerprint density at radius 1 is 1.07 bits per heavy atom. The SMILES string of the molecule is CN1C(=O)N(c2ccc(C#Cc3ccccc3)cc2Cl)C(=O)C2C1=NC=[N+]2C. The van der Waals surface area contributed by atoms with Gasteiger partial charge in [-0.15, -0.1) is 0 Å². The van der Waals surface area contributed by atoms with Crippen molar-refractivity contribution in [1.29, 1.82) is 0 Å². The lowest BCUT2D eigenvalue weighted by atomic mass is 10.1. The Balaban J connectivity index is 1.67. The summed E-state index contributed by atoms with van der Waals surface area (Å²) in [4.78, 5) is 32.4. The number of hydrogen-bond acceptors (Lipinski definition) is 3. The lowest BCUT2D eigenvalue weighted by Crippen LogP contribution is -2.62. The van der Waals surface area contributed by atoms with E-state index < -0.39 is 12.1 Å². The Morgan fingerprint density at radius 3 is 2.50 bits per heavy atom. The molecular weight excluding hydrogens is 376 g/mol. The molecule has 2 aromatic carbocycles. The molecule has 138 valence electrons. The van der Waals surface area contributed by atoms with Gasteiger partial charge in [-0.2, -0.15) is 0 Å². The molecule has 1 saturated heterocycles. The van der Waals surface area contributed by atoms with Crippen molar-refractivity contribution in [2.45, 2.75) is 6.04 Å². The molecule has 1 atom stereocenters. The standard InChI is InChI=1S/C21H16ClN4O2/c1-24-13-23-19-18(24)20(27)26(21(28)25(19)2)17-11-10-15(12-16(17)22)9-8-14-6-4-3-5-7-14/h3-7,10-13,18H,1-2H3/q+1. The molecule has 2 aromatic rings. The second-order valence-corrected chi connectivity index (χ2v) is 6.88. The predicted octanol–water partition coefficient (Wildman–Crippen LogP) is 2.59. The molecule has 4 rings (SSSR count). The first kappa shape index (κ1) is 18.0. The average molecular weight is 392 g/mol. The fourth-order valence-electron chi connectivity index (χ4n) is 3.14. The highest BCUT2D eigenvalue weighted by Crippen LogP contribution is 2.31. The van der Waals surface area contributed by atoms with E-state index in [9.17, 15) is 9.59 Å². The maximum Gasteiger partial charge on any atom is 0.338 e. The third kappa shape index (κ3) is 2.96. The van der Waals surface area contributed by atoms with Gasteiger partial charge in [-0.25, -0.2) is 14.3 Å². The van der Waals surface area contributed by atoms with Gasteiger partial charge in [-0.1, -0.05) is 41.6 Å². The fraction of sp³-hybridized carbons (Fsp3) is 0.143. The van der Waals surface area contributed by atoms with Crippen LogP contribution in [-0.4, -0.2) is 53.7 Å². The zero-order valence-electron chi connectivity index (χ0n) is 15.3. The summed E-state index contributed by atoms with van der Waals surface area (Å²) in [6.45, 7) is 0. The number of likely N-dealkylation sites (N-methyl/N-ethyl adjacent to an activating group) is 2. The van der Waals surface area contributed by atoms with Crippen LogP contribution in [0.25, 0.3) is 0 Å². The smallest absolute Gasteiger partial charge is 0.268 e. The van der Waals surface area contributed by atoms with Crippen molar-refractivity contribution in [2.75, 3.05) is 19.0 Å². The van der Waals surface area contributed by atoms with E-state index in [1.54, 1.807) is 36.9 Å². The second kappa shape index (κ2) is 6.95. The minimum atomic E-state index is -0.642. The van der Waals surface area contributed by atoms with Gasteiger partial charge in [-0.3, -0.25) is 9.69 Å². The van der Waals surface area contributed by atoms with Crippen LogP contribution < -0.4 is 4.90 Å². The van der Waals surface area contributed by atoms with Gasteiger partial charge in [0.1, 0.15) is 0 Å². The monoisotopic (exact) mass is 391 g/mol. The average Bonchev–Trinajstić information content (AvgIpc) is 3.09. The fourth-order valence-corrected chi connectivity index (χ4v) is 3.41. The van der Waals surface area contributed by atoms with E-state index in [0.29, 0.717) is 17.1 Å². The van der Waals surface area contributed by atoms with Gasteiger partial charge in [-0.05, 0) is 35.3 Å². The van der Waals surface area contributed by atoms with Crippen LogP contribution in [0, 0.1) is 11.8 Å². The summed E-state index contributed by atoms with van der Waals surface area (Å²) in [5.74, 6) is 6.12. The van der Waals surface area contributed by atoms with Crippen LogP contribution in [0.3, 0.4) is 0 Å². The molecule has 1 unspecified atom stereocenters. The minimum Gasteiger partial charge on any atom is -0.268 e. The van der Waals surface area contributed by atoms with Gasteiger partial charge in [0, 0.05) is 18.2 Å². The molecule has 3 amide bonds. The molecule has 0 N–H and O–H groups in total. The van der Waals surface area contributed by atoms with Crippen molar-refractivity contribution in [3.8, 4) is 11.8 Å². The molecule has 6 nitrogen and oxygen atoms in total. The van der Waals surface area contributed by atoms with Crippen LogP contribution in [0.4, 0.5) is 10.5 Å². The van der Waals surface area contributed by atoms with Crippen LogP contribution in [0.1, 0.15) is 11.1 Å². The molecule has 0 aliphatic carbocycles. The van der Waals surface area contributed by atoms with E-state index in [4.69, 9.17) is 11.6 Å². The number of urea groups is 1. The Labute approximate surface area is 167 Å². The van der Waals surface area contributed by atoms with Crippen LogP contribution in [0.15, 0.2) is 53.5 Å². The normalized spacial score (nSPS) is 18.3. The number of hydrogen-bond donors (Lipinski definition) is 0. The lowest BCUT2D eigenvalue weighted by molar-refractivity contribution is -0.499. The first-order chi connectivity index (χ1) is 13.5. The van der Waals surface area contributed by atoms with Gasteiger partial charge in [0.25, 0.3) is 24.1 Å². The summed E-state index contributed by atoms with van der Waals surface area (Å²) >= 11 is 6.42. The molecule has 1 fully saturated rings. The number of anilines is 1. The van der Waals surface area contributed by atoms with Gasteiger partial charge >= 0.3 is 6.03 Å². The highest BCUT2D eigenvalue weighted by molar-refractivity contribution is 6.37. The summed E-state index contributed by atoms with van der Waals surface area (Å²) in [5, 5.41) is 0.278. The number of rotatable bonds is 1. The van der Waals surface area contributed by atoms with E-state index in [1.165, 1.54) is 11.2 Å². The number of imide groups is 1. The summed E-state index contributed by atoms with van der Waals surface area (Å²) in [7, 11) is 3.33. The number of halogens is 1. The van der Waals surface area contributed by atoms with Crippen molar-refractivity contribution in [3.05, 3.63) is 64.7 Å². The van der Waals surface area contributed by atoms with Crippen molar-refractivity contribution in [2.24, 2.45) is 4.99 Å². The molecule has 7 heteroatoms. The summed E-state index contributed by atoms with van der Waals surface area (Å²) in [5.41, 5.74) is 1.91. The third-order valence-electron chi connectivity index (χ3n) is 4.61. The molecule has 0 saturated carbocycles. The molecule has 0 spiro atoms. The van der Waals surface area contributed by atoms with Gasteiger partial charge in [0.05, 0.1) is 17.8 Å². The lowest BCUT2D eigenvalue weighted by Gasteiger charge is -2.33. The molecule has 2 aliphatic rings. The number of aliphatic imine (C=N–C) groups is 1. The molecular formula is C21H16ClN4O2+. The van der Waals surface area contributed by atoms with Crippen molar-refractivity contribution < 1.29 is 14.2 Å². The highest BCUT2D eigenvalue weighted by atomic mass is 35.5. The number of carbonyl (C=O) groups excluding carboxylic acids is 2. The number of carbonyl (C=O) groups is 2. The topological polar surface area (TPSA) is 56.0 Å². The molecule has 2 aliphatic heterocycles. The summed E-state index contributed by atoms with van der Waals surface area (Å²) in [6.07, 6.45) is 1.54. The highest BCUT2D eigenvalue weighted by Gasteiger charge is 2.51. The van der Waals surface area contributed by atoms with Gasteiger partial charge in [0.15, 0.2) is 0 Å². The van der Waals surface area contributed by atoms with E-state index in [1.807, 2.05) is 30.3 Å². The molecule has 2 heterocycles. The maximum atomic E-state index is 13.0. The zero-order valence-corrected chi connectivity index (χ0v) is 16.0. The van der Waals surface area contributed by atoms with E-state index >= 15 is 0 Å². The zero-order chi connectivity index (χ0) is 19.8. The van der Waals surface area contributed by atoms with Gasteiger partial charge < -0.3 is 0 Å². The van der Waals surface area contributed by atoms with Crippen molar-refractivity contribution >= 4 is 41.4 Å². The van der Waals surface area contributed by atoms with Crippen LogP contribution in [0.2, 0.25) is 5.02 Å². The predicted molar refractivity (Wildman–Crippen MR) is 108 cm³/mol. The molecule has 28 heavy (non-hydrogen) atoms. The second-order valence-electron chi connectivity index (χ2n) is 6.47. The number of amides is 3. The Kier molecular flexibility index (Phi) is 4.46. The van der Waals surface area contributed by atoms with E-state index in [-0.39, 0.29) is 10.9 Å². The maximum absolute atomic E-state index is 13.0.